The van der Waals surface area contributed by atoms with Crippen LogP contribution in [0.25, 0.3) is 0 Å². The average molecular weight is 274 g/mol. The molecule has 0 bridgehead atoms. The molecule has 0 radical (unpaired) electrons. The van der Waals surface area contributed by atoms with E-state index in [1.807, 2.05) is 24.3 Å². The summed E-state index contributed by atoms with van der Waals surface area (Å²) < 4.78 is 0. The Kier molecular flexibility index (Phi) is 4.23. The number of anilines is 1. The van der Waals surface area contributed by atoms with Crippen LogP contribution in [0.2, 0.25) is 5.02 Å². The molecule has 1 N–H and O–H groups in total. The first kappa shape index (κ1) is 13.6. The molecule has 2 aromatic carbocycles. The van der Waals surface area contributed by atoms with E-state index in [0.29, 0.717) is 16.5 Å². The highest BCUT2D eigenvalue weighted by Gasteiger charge is 2.10. The second-order valence-corrected chi connectivity index (χ2v) is 5.14. The number of nitrogens with one attached hydrogen (secondary N) is 1. The molecule has 0 fully saturated rings. The van der Waals surface area contributed by atoms with Gasteiger partial charge in [-0.3, -0.25) is 4.79 Å². The predicted octanol–water partition coefficient (Wildman–Crippen LogP) is 4.72. The van der Waals surface area contributed by atoms with Crippen LogP contribution in [0.4, 0.5) is 5.69 Å². The topological polar surface area (TPSA) is 29.1 Å². The Hall–Kier alpha value is -1.80. The number of hydrogen-bond acceptors (Lipinski definition) is 1. The third-order valence-corrected chi connectivity index (χ3v) is 3.15. The minimum absolute atomic E-state index is 0.143. The molecule has 0 saturated heterocycles. The van der Waals surface area contributed by atoms with Gasteiger partial charge in [-0.2, -0.15) is 0 Å². The fourth-order valence-corrected chi connectivity index (χ4v) is 2.13. The number of carbonyl (C=O) groups is 1. The Morgan fingerprint density at radius 3 is 2.53 bits per heavy atom. The fraction of sp³-hybridized carbons (Fsp3) is 0.188. The first-order chi connectivity index (χ1) is 9.08. The van der Waals surface area contributed by atoms with E-state index >= 15 is 0 Å². The molecule has 2 nitrogen and oxygen atoms in total. The number of halogens is 1. The van der Waals surface area contributed by atoms with E-state index in [4.69, 9.17) is 11.6 Å². The van der Waals surface area contributed by atoms with E-state index in [1.54, 1.807) is 24.3 Å². The van der Waals surface area contributed by atoms with E-state index in [0.717, 1.165) is 11.3 Å². The van der Waals surface area contributed by atoms with Crippen molar-refractivity contribution in [3.05, 3.63) is 64.7 Å². The molecule has 98 valence electrons. The van der Waals surface area contributed by atoms with Crippen LogP contribution in [0.15, 0.2) is 48.5 Å². The second-order valence-electron chi connectivity index (χ2n) is 4.71. The van der Waals surface area contributed by atoms with Gasteiger partial charge in [0.1, 0.15) is 0 Å². The molecule has 0 aliphatic heterocycles. The van der Waals surface area contributed by atoms with E-state index in [9.17, 15) is 4.79 Å². The van der Waals surface area contributed by atoms with Gasteiger partial charge in [0.05, 0.1) is 0 Å². The minimum Gasteiger partial charge on any atom is -0.322 e. The lowest BCUT2D eigenvalue weighted by molar-refractivity contribution is 0.102. The van der Waals surface area contributed by atoms with Crippen LogP contribution in [0.3, 0.4) is 0 Å². The average Bonchev–Trinajstić information content (AvgIpc) is 2.39. The molecule has 0 spiro atoms. The summed E-state index contributed by atoms with van der Waals surface area (Å²) in [6, 6.07) is 14.8. The largest absolute Gasteiger partial charge is 0.322 e. The van der Waals surface area contributed by atoms with E-state index in [-0.39, 0.29) is 5.91 Å². The maximum atomic E-state index is 12.2. The molecule has 0 aliphatic carbocycles. The van der Waals surface area contributed by atoms with Gasteiger partial charge in [-0.1, -0.05) is 49.7 Å². The molecule has 0 atom stereocenters. The maximum absolute atomic E-state index is 12.2. The van der Waals surface area contributed by atoms with Crippen LogP contribution >= 0.6 is 11.6 Å². The zero-order chi connectivity index (χ0) is 13.8. The van der Waals surface area contributed by atoms with Crippen LogP contribution in [-0.4, -0.2) is 5.91 Å². The zero-order valence-corrected chi connectivity index (χ0v) is 11.7. The summed E-state index contributed by atoms with van der Waals surface area (Å²) in [5, 5.41) is 3.50. The zero-order valence-electron chi connectivity index (χ0n) is 11.0. The highest BCUT2D eigenvalue weighted by Crippen LogP contribution is 2.24. The molecule has 0 aromatic heterocycles. The van der Waals surface area contributed by atoms with Crippen molar-refractivity contribution in [2.45, 2.75) is 19.8 Å². The number of para-hydroxylation sites is 1. The van der Waals surface area contributed by atoms with Crippen molar-refractivity contribution in [3.63, 3.8) is 0 Å². The Balaban J connectivity index is 2.24. The van der Waals surface area contributed by atoms with Crippen molar-refractivity contribution < 1.29 is 4.79 Å². The van der Waals surface area contributed by atoms with Gasteiger partial charge in [-0.25, -0.2) is 0 Å². The van der Waals surface area contributed by atoms with Gasteiger partial charge in [0.25, 0.3) is 5.91 Å². The molecular weight excluding hydrogens is 258 g/mol. The smallest absolute Gasteiger partial charge is 0.255 e. The van der Waals surface area contributed by atoms with Crippen molar-refractivity contribution in [2.24, 2.45) is 0 Å². The predicted molar refractivity (Wildman–Crippen MR) is 79.9 cm³/mol. The van der Waals surface area contributed by atoms with Crippen LogP contribution < -0.4 is 5.32 Å². The summed E-state index contributed by atoms with van der Waals surface area (Å²) in [6.07, 6.45) is 0. The lowest BCUT2D eigenvalue weighted by Crippen LogP contribution is -2.13. The minimum atomic E-state index is -0.143. The monoisotopic (exact) mass is 273 g/mol. The van der Waals surface area contributed by atoms with Crippen LogP contribution in [0, 0.1) is 0 Å². The Morgan fingerprint density at radius 1 is 1.11 bits per heavy atom. The summed E-state index contributed by atoms with van der Waals surface area (Å²) in [5.41, 5.74) is 2.53. The van der Waals surface area contributed by atoms with Crippen molar-refractivity contribution in [3.8, 4) is 0 Å². The summed E-state index contributed by atoms with van der Waals surface area (Å²) >= 11 is 5.89. The van der Waals surface area contributed by atoms with Crippen LogP contribution in [0.1, 0.15) is 35.7 Å². The molecule has 2 rings (SSSR count). The first-order valence-electron chi connectivity index (χ1n) is 6.24. The molecular formula is C16H16ClNO. The lowest BCUT2D eigenvalue weighted by atomic mass is 10.0. The number of carbonyl (C=O) groups excluding carboxylic acids is 1. The molecule has 19 heavy (non-hydrogen) atoms. The van der Waals surface area contributed by atoms with E-state index in [2.05, 4.69) is 19.2 Å². The highest BCUT2D eigenvalue weighted by atomic mass is 35.5. The number of amides is 1. The third kappa shape index (κ3) is 3.36. The van der Waals surface area contributed by atoms with Crippen molar-refractivity contribution in [1.82, 2.24) is 0 Å². The molecule has 0 aliphatic rings. The number of rotatable bonds is 3. The van der Waals surface area contributed by atoms with Gasteiger partial charge in [0.2, 0.25) is 0 Å². The quantitative estimate of drug-likeness (QED) is 0.862. The molecule has 0 unspecified atom stereocenters. The van der Waals surface area contributed by atoms with Gasteiger partial charge in [-0.15, -0.1) is 0 Å². The fourth-order valence-electron chi connectivity index (χ4n) is 1.94. The SMILES string of the molecule is CC(C)c1ccccc1NC(=O)c1cccc(Cl)c1. The molecule has 2 aromatic rings. The van der Waals surface area contributed by atoms with Crippen LogP contribution in [-0.2, 0) is 0 Å². The standard InChI is InChI=1S/C16H16ClNO/c1-11(2)14-8-3-4-9-15(14)18-16(19)12-6-5-7-13(17)10-12/h3-11H,1-2H3,(H,18,19). The molecule has 0 heterocycles. The second kappa shape index (κ2) is 5.89. The van der Waals surface area contributed by atoms with E-state index in [1.165, 1.54) is 0 Å². The third-order valence-electron chi connectivity index (χ3n) is 2.92. The number of hydrogen-bond donors (Lipinski definition) is 1. The first-order valence-corrected chi connectivity index (χ1v) is 6.61. The van der Waals surface area contributed by atoms with Crippen molar-refractivity contribution in [1.29, 1.82) is 0 Å². The van der Waals surface area contributed by atoms with Crippen molar-refractivity contribution >= 4 is 23.2 Å². The molecule has 1 amide bonds. The maximum Gasteiger partial charge on any atom is 0.255 e. The summed E-state index contributed by atoms with van der Waals surface area (Å²) in [5.74, 6) is 0.214. The van der Waals surface area contributed by atoms with E-state index < -0.39 is 0 Å². The van der Waals surface area contributed by atoms with Gasteiger partial charge in [0, 0.05) is 16.3 Å². The normalized spacial score (nSPS) is 10.5. The summed E-state index contributed by atoms with van der Waals surface area (Å²) in [6.45, 7) is 4.20. The van der Waals surface area contributed by atoms with Gasteiger partial charge in [0.15, 0.2) is 0 Å². The van der Waals surface area contributed by atoms with Gasteiger partial charge < -0.3 is 5.32 Å². The highest BCUT2D eigenvalue weighted by molar-refractivity contribution is 6.31. The molecule has 3 heteroatoms. The van der Waals surface area contributed by atoms with Gasteiger partial charge >= 0.3 is 0 Å². The Bertz CT molecular complexity index is 593. The summed E-state index contributed by atoms with van der Waals surface area (Å²) in [7, 11) is 0. The molecule has 0 saturated carbocycles. The Labute approximate surface area is 118 Å². The Morgan fingerprint density at radius 2 is 1.84 bits per heavy atom. The van der Waals surface area contributed by atoms with Crippen LogP contribution in [0.5, 0.6) is 0 Å². The van der Waals surface area contributed by atoms with Gasteiger partial charge in [-0.05, 0) is 35.7 Å². The lowest BCUT2D eigenvalue weighted by Gasteiger charge is -2.13. The summed E-state index contributed by atoms with van der Waals surface area (Å²) in [4.78, 5) is 12.2. The van der Waals surface area contributed by atoms with Crippen molar-refractivity contribution in [2.75, 3.05) is 5.32 Å². The number of benzene rings is 2.